The zero-order valence-electron chi connectivity index (χ0n) is 21.4. The van der Waals surface area contributed by atoms with Gasteiger partial charge in [0.15, 0.2) is 5.16 Å². The number of halogens is 1. The van der Waals surface area contributed by atoms with E-state index in [9.17, 15) is 15.3 Å². The van der Waals surface area contributed by atoms with Crippen molar-refractivity contribution >= 4 is 48.4 Å². The van der Waals surface area contributed by atoms with Crippen molar-refractivity contribution in [1.82, 2.24) is 14.5 Å². The first-order chi connectivity index (χ1) is 17.6. The van der Waals surface area contributed by atoms with Gasteiger partial charge in [0.2, 0.25) is 0 Å². The summed E-state index contributed by atoms with van der Waals surface area (Å²) in [6.07, 6.45) is 1.67. The molecule has 1 aromatic carbocycles. The molecule has 37 heavy (non-hydrogen) atoms. The largest absolute Gasteiger partial charge is 0.495 e. The number of thioether (sulfide) groups is 1. The lowest BCUT2D eigenvalue weighted by atomic mass is 10.0. The van der Waals surface area contributed by atoms with Crippen LogP contribution in [0.4, 0.5) is 0 Å². The third-order valence-electron chi connectivity index (χ3n) is 5.33. The van der Waals surface area contributed by atoms with Gasteiger partial charge in [-0.1, -0.05) is 43.0 Å². The summed E-state index contributed by atoms with van der Waals surface area (Å²) in [7, 11) is 0.184. The van der Waals surface area contributed by atoms with Crippen LogP contribution in [0.1, 0.15) is 18.1 Å². The minimum absolute atomic E-state index is 0.0156. The molecule has 3 rings (SSSR count). The summed E-state index contributed by atoms with van der Waals surface area (Å²) in [5.41, 5.74) is 1.95. The molecule has 0 spiro atoms. The summed E-state index contributed by atoms with van der Waals surface area (Å²) >= 11 is 7.70. The van der Waals surface area contributed by atoms with E-state index in [2.05, 4.69) is 41.7 Å². The van der Waals surface area contributed by atoms with Crippen LogP contribution in [0.25, 0.3) is 22.3 Å². The van der Waals surface area contributed by atoms with E-state index in [1.807, 2.05) is 0 Å². The third kappa shape index (κ3) is 7.02. The summed E-state index contributed by atoms with van der Waals surface area (Å²) in [5.74, 6) is -0.0533. The molecule has 9 nitrogen and oxygen atoms in total. The number of nitriles is 2. The number of hydrogen-bond donors (Lipinski definition) is 0. The Kier molecular flexibility index (Phi) is 9.57. The van der Waals surface area contributed by atoms with Crippen LogP contribution in [-0.2, 0) is 21.0 Å². The van der Waals surface area contributed by atoms with E-state index in [1.165, 1.54) is 13.2 Å². The molecule has 2 heterocycles. The maximum absolute atomic E-state index is 12.0. The highest BCUT2D eigenvalue weighted by molar-refractivity contribution is 7.99. The molecule has 0 saturated heterocycles. The molecule has 194 valence electrons. The summed E-state index contributed by atoms with van der Waals surface area (Å²) in [4.78, 5) is 21.3. The van der Waals surface area contributed by atoms with E-state index in [1.54, 1.807) is 23.8 Å². The Bertz CT molecular complexity index is 1390. The van der Waals surface area contributed by atoms with Gasteiger partial charge in [-0.25, -0.2) is 9.97 Å². The SMILES string of the molecule is CCOC(=O)CSc1nc(-c2cc(OC)c(C#N)cc2Cl)c2c(C#N)cn(COCC[Si](C)(C)C)c2n1. The molecule has 0 bridgehead atoms. The number of benzene rings is 1. The molecule has 0 N–H and O–H groups in total. The highest BCUT2D eigenvalue weighted by Gasteiger charge is 2.22. The Labute approximate surface area is 226 Å². The second-order valence-corrected chi connectivity index (χ2v) is 16.2. The Hall–Kier alpha value is -3.09. The minimum atomic E-state index is -1.27. The molecule has 0 saturated carbocycles. The summed E-state index contributed by atoms with van der Waals surface area (Å²) < 4.78 is 18.1. The molecule has 2 aromatic heterocycles. The second kappa shape index (κ2) is 12.4. The van der Waals surface area contributed by atoms with Gasteiger partial charge in [0, 0.05) is 26.4 Å². The number of nitrogens with zero attached hydrogens (tertiary/aromatic N) is 5. The highest BCUT2D eigenvalue weighted by Crippen LogP contribution is 2.39. The standard InChI is InChI=1S/C25H28ClN5O4SSi/c1-6-35-21(32)14-36-25-29-23(18-10-20(33-2)16(11-27)9-19(18)26)22-17(12-28)13-31(24(22)30-25)15-34-7-8-37(3,4)5/h9-10,13H,6-8,14-15H2,1-5H3. The molecular weight excluding hydrogens is 530 g/mol. The summed E-state index contributed by atoms with van der Waals surface area (Å²) in [6, 6.07) is 8.39. The van der Waals surface area contributed by atoms with Gasteiger partial charge in [-0.2, -0.15) is 10.5 Å². The van der Waals surface area contributed by atoms with Gasteiger partial charge in [0.05, 0.1) is 46.7 Å². The number of ether oxygens (including phenoxy) is 3. The number of carbonyl (C=O) groups is 1. The number of fused-ring (bicyclic) bond motifs is 1. The predicted octanol–water partition coefficient (Wildman–Crippen LogP) is 5.47. The van der Waals surface area contributed by atoms with Crippen LogP contribution in [0.3, 0.4) is 0 Å². The van der Waals surface area contributed by atoms with E-state index < -0.39 is 14.0 Å². The smallest absolute Gasteiger partial charge is 0.316 e. The molecular formula is C25H28ClN5O4SSi. The topological polar surface area (TPSA) is 123 Å². The van der Waals surface area contributed by atoms with Crippen LogP contribution in [0.2, 0.25) is 30.7 Å². The van der Waals surface area contributed by atoms with Crippen molar-refractivity contribution in [2.24, 2.45) is 0 Å². The Morgan fingerprint density at radius 1 is 1.19 bits per heavy atom. The number of hydrogen-bond acceptors (Lipinski definition) is 9. The summed E-state index contributed by atoms with van der Waals surface area (Å²) in [5, 5.41) is 20.4. The van der Waals surface area contributed by atoms with Gasteiger partial charge < -0.3 is 18.8 Å². The van der Waals surface area contributed by atoms with Gasteiger partial charge in [0.1, 0.15) is 30.3 Å². The van der Waals surface area contributed by atoms with Crippen molar-refractivity contribution in [2.45, 2.75) is 44.5 Å². The van der Waals surface area contributed by atoms with Crippen LogP contribution in [0.5, 0.6) is 5.75 Å². The normalized spacial score (nSPS) is 11.2. The van der Waals surface area contributed by atoms with Gasteiger partial charge in [-0.05, 0) is 25.1 Å². The predicted molar refractivity (Wildman–Crippen MR) is 145 cm³/mol. The average molecular weight is 558 g/mol. The monoisotopic (exact) mass is 557 g/mol. The molecule has 0 aliphatic carbocycles. The molecule has 12 heteroatoms. The van der Waals surface area contributed by atoms with Crippen molar-refractivity contribution in [3.63, 3.8) is 0 Å². The maximum Gasteiger partial charge on any atom is 0.316 e. The first kappa shape index (κ1) is 28.5. The van der Waals surface area contributed by atoms with Crippen molar-refractivity contribution in [3.05, 3.63) is 34.5 Å². The molecule has 3 aromatic rings. The van der Waals surface area contributed by atoms with Crippen LogP contribution >= 0.6 is 23.4 Å². The Morgan fingerprint density at radius 2 is 1.92 bits per heavy atom. The zero-order valence-corrected chi connectivity index (χ0v) is 24.0. The van der Waals surface area contributed by atoms with E-state index in [0.717, 1.165) is 17.8 Å². The molecule has 0 aliphatic heterocycles. The molecule has 0 atom stereocenters. The lowest BCUT2D eigenvalue weighted by Crippen LogP contribution is -2.22. The van der Waals surface area contributed by atoms with E-state index in [4.69, 9.17) is 25.8 Å². The molecule has 0 aliphatic rings. The van der Waals surface area contributed by atoms with Crippen LogP contribution in [0, 0.1) is 22.7 Å². The lowest BCUT2D eigenvalue weighted by molar-refractivity contribution is -0.139. The van der Waals surface area contributed by atoms with Crippen molar-refractivity contribution in [1.29, 1.82) is 10.5 Å². The maximum atomic E-state index is 12.0. The van der Waals surface area contributed by atoms with Crippen LogP contribution in [-0.4, -0.2) is 54.7 Å². The van der Waals surface area contributed by atoms with E-state index >= 15 is 0 Å². The molecule has 0 fully saturated rings. The zero-order chi connectivity index (χ0) is 27.2. The van der Waals surface area contributed by atoms with Crippen molar-refractivity contribution in [2.75, 3.05) is 26.1 Å². The van der Waals surface area contributed by atoms with Crippen LogP contribution in [0.15, 0.2) is 23.5 Å². The fourth-order valence-electron chi connectivity index (χ4n) is 3.47. The number of methoxy groups -OCH3 is 1. The van der Waals surface area contributed by atoms with Crippen LogP contribution < -0.4 is 4.74 Å². The van der Waals surface area contributed by atoms with Gasteiger partial charge >= 0.3 is 5.97 Å². The number of rotatable bonds is 11. The lowest BCUT2D eigenvalue weighted by Gasteiger charge is -2.16. The van der Waals surface area contributed by atoms with E-state index in [-0.39, 0.29) is 29.7 Å². The molecule has 0 radical (unpaired) electrons. The first-order valence-corrected chi connectivity index (χ1v) is 16.6. The first-order valence-electron chi connectivity index (χ1n) is 11.6. The fourth-order valence-corrected chi connectivity index (χ4v) is 5.11. The van der Waals surface area contributed by atoms with Gasteiger partial charge in [0.25, 0.3) is 0 Å². The molecule has 0 amide bonds. The highest BCUT2D eigenvalue weighted by atomic mass is 35.5. The quantitative estimate of drug-likeness (QED) is 0.0991. The minimum Gasteiger partial charge on any atom is -0.495 e. The van der Waals surface area contributed by atoms with Gasteiger partial charge in [-0.3, -0.25) is 4.79 Å². The Morgan fingerprint density at radius 3 is 2.54 bits per heavy atom. The number of esters is 1. The average Bonchev–Trinajstić information content (AvgIpc) is 3.22. The number of carbonyl (C=O) groups excluding carboxylic acids is 1. The summed E-state index contributed by atoms with van der Waals surface area (Å²) in [6.45, 7) is 9.63. The number of aromatic nitrogens is 3. The fraction of sp³-hybridized carbons (Fsp3) is 0.400. The Balaban J connectivity index is 2.16. The molecule has 0 unspecified atom stereocenters. The van der Waals surface area contributed by atoms with Crippen molar-refractivity contribution in [3.8, 4) is 29.1 Å². The third-order valence-corrected chi connectivity index (χ3v) is 8.17. The van der Waals surface area contributed by atoms with Gasteiger partial charge in [-0.15, -0.1) is 0 Å². The van der Waals surface area contributed by atoms with Crippen molar-refractivity contribution < 1.29 is 19.0 Å². The second-order valence-electron chi connectivity index (χ2n) is 9.26. The van der Waals surface area contributed by atoms with E-state index in [0.29, 0.717) is 45.4 Å².